The number of aromatic carboxylic acids is 1. The summed E-state index contributed by atoms with van der Waals surface area (Å²) in [5, 5.41) is 11.3. The number of carbonyl (C=O) groups excluding carboxylic acids is 1. The van der Waals surface area contributed by atoms with Gasteiger partial charge in [0.1, 0.15) is 5.76 Å². The van der Waals surface area contributed by atoms with Crippen molar-refractivity contribution >= 4 is 17.6 Å². The van der Waals surface area contributed by atoms with E-state index in [2.05, 4.69) is 10.3 Å². The molecule has 0 aromatic carbocycles. The van der Waals surface area contributed by atoms with E-state index in [1.165, 1.54) is 24.5 Å². The van der Waals surface area contributed by atoms with Gasteiger partial charge in [0.15, 0.2) is 5.76 Å². The van der Waals surface area contributed by atoms with Gasteiger partial charge in [-0.1, -0.05) is 0 Å². The summed E-state index contributed by atoms with van der Waals surface area (Å²) in [6.45, 7) is 0.198. The van der Waals surface area contributed by atoms with Crippen LogP contribution in [0.2, 0.25) is 0 Å². The summed E-state index contributed by atoms with van der Waals surface area (Å²) in [4.78, 5) is 26.3. The van der Waals surface area contributed by atoms with Gasteiger partial charge in [0, 0.05) is 6.20 Å². The van der Waals surface area contributed by atoms with E-state index in [0.717, 1.165) is 0 Å². The van der Waals surface area contributed by atoms with Crippen molar-refractivity contribution in [1.82, 2.24) is 4.98 Å². The van der Waals surface area contributed by atoms with Crippen molar-refractivity contribution < 1.29 is 19.1 Å². The molecule has 2 rings (SSSR count). The molecule has 0 aliphatic heterocycles. The number of nitrogens with zero attached hydrogens (tertiary/aromatic N) is 1. The summed E-state index contributed by atoms with van der Waals surface area (Å²) in [7, 11) is 0. The molecule has 4 N–H and O–H groups in total. The molecular formula is C12H11N3O4. The minimum Gasteiger partial charge on any atom is -0.478 e. The molecule has 0 fully saturated rings. The predicted molar refractivity (Wildman–Crippen MR) is 65.7 cm³/mol. The van der Waals surface area contributed by atoms with Gasteiger partial charge in [-0.05, 0) is 18.2 Å². The summed E-state index contributed by atoms with van der Waals surface area (Å²) in [6, 6.07) is 4.40. The summed E-state index contributed by atoms with van der Waals surface area (Å²) < 4.78 is 5.17. The van der Waals surface area contributed by atoms with Gasteiger partial charge >= 0.3 is 5.97 Å². The lowest BCUT2D eigenvalue weighted by molar-refractivity contribution is 0.0696. The highest BCUT2D eigenvalue weighted by atomic mass is 16.4. The fourth-order valence-electron chi connectivity index (χ4n) is 1.43. The van der Waals surface area contributed by atoms with Crippen molar-refractivity contribution in [3.8, 4) is 0 Å². The highest BCUT2D eigenvalue weighted by Gasteiger charge is 2.12. The summed E-state index contributed by atoms with van der Waals surface area (Å²) >= 11 is 0. The second-order valence-corrected chi connectivity index (χ2v) is 3.69. The number of rotatable bonds is 4. The predicted octanol–water partition coefficient (Wildman–Crippen LogP) is 1.08. The number of furan rings is 1. The molecule has 19 heavy (non-hydrogen) atoms. The average molecular weight is 261 g/mol. The van der Waals surface area contributed by atoms with Gasteiger partial charge in [-0.25, -0.2) is 4.79 Å². The number of anilines is 1. The Balaban J connectivity index is 2.14. The van der Waals surface area contributed by atoms with Crippen molar-refractivity contribution in [2.24, 2.45) is 5.73 Å². The first-order valence-corrected chi connectivity index (χ1v) is 5.38. The maximum atomic E-state index is 11.8. The fraction of sp³-hybridized carbons (Fsp3) is 0.0833. The standard InChI is InChI=1S/C12H11N3O4/c13-4-9-1-2-10(19-9)11(16)15-8-3-7(12(17)18)5-14-6-8/h1-3,5-6H,4,13H2,(H,15,16)(H,17,18). The quantitative estimate of drug-likeness (QED) is 0.757. The highest BCUT2D eigenvalue weighted by molar-refractivity contribution is 6.02. The fourth-order valence-corrected chi connectivity index (χ4v) is 1.43. The second kappa shape index (κ2) is 5.32. The van der Waals surface area contributed by atoms with Crippen LogP contribution in [-0.2, 0) is 6.54 Å². The van der Waals surface area contributed by atoms with Crippen LogP contribution in [0.15, 0.2) is 35.0 Å². The van der Waals surface area contributed by atoms with E-state index in [9.17, 15) is 9.59 Å². The summed E-state index contributed by atoms with van der Waals surface area (Å²) in [6.07, 6.45) is 2.54. The van der Waals surface area contributed by atoms with Gasteiger partial charge in [0.25, 0.3) is 5.91 Å². The van der Waals surface area contributed by atoms with Crippen LogP contribution in [0, 0.1) is 0 Å². The Morgan fingerprint density at radius 1 is 1.37 bits per heavy atom. The van der Waals surface area contributed by atoms with Crippen molar-refractivity contribution in [3.05, 3.63) is 47.7 Å². The topological polar surface area (TPSA) is 118 Å². The molecule has 98 valence electrons. The molecule has 1 amide bonds. The maximum Gasteiger partial charge on any atom is 0.337 e. The van der Waals surface area contributed by atoms with Crippen LogP contribution in [0.1, 0.15) is 26.7 Å². The Hall–Kier alpha value is -2.67. The SMILES string of the molecule is NCc1ccc(C(=O)Nc2cncc(C(=O)O)c2)o1. The van der Waals surface area contributed by atoms with Crippen LogP contribution in [0.5, 0.6) is 0 Å². The smallest absolute Gasteiger partial charge is 0.337 e. The Kier molecular flexibility index (Phi) is 3.58. The molecule has 2 heterocycles. The van der Waals surface area contributed by atoms with E-state index in [0.29, 0.717) is 5.76 Å². The first-order chi connectivity index (χ1) is 9.10. The molecule has 0 aliphatic carbocycles. The van der Waals surface area contributed by atoms with Gasteiger partial charge in [-0.15, -0.1) is 0 Å². The Labute approximate surface area is 108 Å². The third-order valence-electron chi connectivity index (χ3n) is 2.33. The zero-order chi connectivity index (χ0) is 13.8. The van der Waals surface area contributed by atoms with Crippen LogP contribution in [0.25, 0.3) is 0 Å². The number of carboxylic acid groups (broad SMARTS) is 1. The van der Waals surface area contributed by atoms with Gasteiger partial charge < -0.3 is 20.6 Å². The number of amides is 1. The summed E-state index contributed by atoms with van der Waals surface area (Å²) in [5.41, 5.74) is 5.63. The van der Waals surface area contributed by atoms with E-state index in [4.69, 9.17) is 15.3 Å². The third-order valence-corrected chi connectivity index (χ3v) is 2.33. The van der Waals surface area contributed by atoms with Crippen LogP contribution >= 0.6 is 0 Å². The monoisotopic (exact) mass is 261 g/mol. The number of carbonyl (C=O) groups is 2. The molecule has 0 radical (unpaired) electrons. The molecule has 0 bridgehead atoms. The van der Waals surface area contributed by atoms with E-state index in [1.807, 2.05) is 0 Å². The van der Waals surface area contributed by atoms with Crippen molar-refractivity contribution in [3.63, 3.8) is 0 Å². The number of carboxylic acids is 1. The number of hydrogen-bond acceptors (Lipinski definition) is 5. The van der Waals surface area contributed by atoms with Crippen molar-refractivity contribution in [2.75, 3.05) is 5.32 Å². The molecular weight excluding hydrogens is 250 g/mol. The van der Waals surface area contributed by atoms with Gasteiger partial charge in [0.05, 0.1) is 24.0 Å². The first kappa shape index (κ1) is 12.8. The number of hydrogen-bond donors (Lipinski definition) is 3. The molecule has 0 saturated carbocycles. The van der Waals surface area contributed by atoms with E-state index >= 15 is 0 Å². The zero-order valence-corrected chi connectivity index (χ0v) is 9.79. The molecule has 0 spiro atoms. The van der Waals surface area contributed by atoms with E-state index in [-0.39, 0.29) is 23.6 Å². The normalized spacial score (nSPS) is 10.2. The zero-order valence-electron chi connectivity index (χ0n) is 9.79. The lowest BCUT2D eigenvalue weighted by Gasteiger charge is -2.03. The third kappa shape index (κ3) is 2.96. The molecule has 0 aliphatic rings. The Morgan fingerprint density at radius 3 is 2.79 bits per heavy atom. The van der Waals surface area contributed by atoms with Crippen LogP contribution in [-0.4, -0.2) is 22.0 Å². The lowest BCUT2D eigenvalue weighted by Crippen LogP contribution is -2.12. The number of nitrogens with one attached hydrogen (secondary N) is 1. The number of aromatic nitrogens is 1. The molecule has 2 aromatic rings. The minimum absolute atomic E-state index is 0.0140. The summed E-state index contributed by atoms with van der Waals surface area (Å²) in [5.74, 6) is -1.03. The van der Waals surface area contributed by atoms with Crippen LogP contribution < -0.4 is 11.1 Å². The van der Waals surface area contributed by atoms with Gasteiger partial charge in [0.2, 0.25) is 0 Å². The Bertz CT molecular complexity index is 621. The molecule has 7 nitrogen and oxygen atoms in total. The molecule has 0 saturated heterocycles. The van der Waals surface area contributed by atoms with Crippen LogP contribution in [0.4, 0.5) is 5.69 Å². The highest BCUT2D eigenvalue weighted by Crippen LogP contribution is 2.12. The van der Waals surface area contributed by atoms with Crippen molar-refractivity contribution in [1.29, 1.82) is 0 Å². The average Bonchev–Trinajstić information content (AvgIpc) is 2.88. The van der Waals surface area contributed by atoms with E-state index < -0.39 is 11.9 Å². The molecule has 2 aromatic heterocycles. The van der Waals surface area contributed by atoms with Gasteiger partial charge in [-0.2, -0.15) is 0 Å². The van der Waals surface area contributed by atoms with E-state index in [1.54, 1.807) is 6.07 Å². The minimum atomic E-state index is -1.12. The number of pyridine rings is 1. The second-order valence-electron chi connectivity index (χ2n) is 3.69. The number of nitrogens with two attached hydrogens (primary N) is 1. The largest absolute Gasteiger partial charge is 0.478 e. The lowest BCUT2D eigenvalue weighted by atomic mass is 10.2. The molecule has 0 unspecified atom stereocenters. The first-order valence-electron chi connectivity index (χ1n) is 5.38. The van der Waals surface area contributed by atoms with Crippen molar-refractivity contribution in [2.45, 2.75) is 6.54 Å². The molecule has 0 atom stereocenters. The van der Waals surface area contributed by atoms with Crippen LogP contribution in [0.3, 0.4) is 0 Å². The Morgan fingerprint density at radius 2 is 2.16 bits per heavy atom. The maximum absolute atomic E-state index is 11.8. The molecule has 7 heteroatoms. The van der Waals surface area contributed by atoms with Gasteiger partial charge in [-0.3, -0.25) is 9.78 Å².